The van der Waals surface area contributed by atoms with Crippen molar-refractivity contribution in [2.45, 2.75) is 51.3 Å². The summed E-state index contributed by atoms with van der Waals surface area (Å²) >= 11 is 3.11. The van der Waals surface area contributed by atoms with Crippen LogP contribution in [0.2, 0.25) is 0 Å². The predicted molar refractivity (Wildman–Crippen MR) is 99.3 cm³/mol. The van der Waals surface area contributed by atoms with Gasteiger partial charge in [0.2, 0.25) is 0 Å². The van der Waals surface area contributed by atoms with E-state index in [1.54, 1.807) is 17.7 Å². The van der Waals surface area contributed by atoms with E-state index in [9.17, 15) is 4.79 Å². The number of rotatable bonds is 4. The first-order chi connectivity index (χ1) is 12.0. The third-order valence-electron chi connectivity index (χ3n) is 4.36. The van der Waals surface area contributed by atoms with Crippen molar-refractivity contribution in [3.63, 3.8) is 0 Å². The molecule has 6 nitrogen and oxygen atoms in total. The van der Waals surface area contributed by atoms with E-state index in [4.69, 9.17) is 4.74 Å². The fourth-order valence-corrected chi connectivity index (χ4v) is 5.27. The molecule has 1 atom stereocenters. The highest BCUT2D eigenvalue weighted by Gasteiger charge is 2.24. The quantitative estimate of drug-likeness (QED) is 0.513. The normalized spacial score (nSPS) is 17.4. The van der Waals surface area contributed by atoms with Crippen LogP contribution < -0.4 is 0 Å². The molecule has 0 unspecified atom stereocenters. The first kappa shape index (κ1) is 16.8. The molecular formula is C17H20N4O2S2. The minimum atomic E-state index is -0.243. The van der Waals surface area contributed by atoms with Crippen LogP contribution in [0.4, 0.5) is 0 Å². The van der Waals surface area contributed by atoms with Crippen LogP contribution in [0.15, 0.2) is 11.5 Å². The lowest BCUT2D eigenvalue weighted by molar-refractivity contribution is -0.144. The second kappa shape index (κ2) is 6.57. The molecule has 0 bridgehead atoms. The first-order valence-corrected chi connectivity index (χ1v) is 10.3. The van der Waals surface area contributed by atoms with Gasteiger partial charge in [0.1, 0.15) is 11.2 Å². The molecule has 0 radical (unpaired) electrons. The van der Waals surface area contributed by atoms with Gasteiger partial charge in [-0.3, -0.25) is 9.20 Å². The maximum absolute atomic E-state index is 11.8. The lowest BCUT2D eigenvalue weighted by atomic mass is 9.89. The van der Waals surface area contributed by atoms with Crippen molar-refractivity contribution in [2.24, 2.45) is 5.92 Å². The smallest absolute Gasteiger partial charge is 0.316 e. The number of aromatic nitrogens is 4. The molecule has 0 spiro atoms. The SMILES string of the molecule is CC(C)OC(=O)CSc1nnc2c3c4c(sc3ncn12)C[C@H](C)CC4. The van der Waals surface area contributed by atoms with Crippen molar-refractivity contribution in [3.05, 3.63) is 16.8 Å². The summed E-state index contributed by atoms with van der Waals surface area (Å²) in [5, 5.41) is 10.5. The Morgan fingerprint density at radius 2 is 2.32 bits per heavy atom. The maximum Gasteiger partial charge on any atom is 0.316 e. The monoisotopic (exact) mass is 376 g/mol. The zero-order valence-corrected chi connectivity index (χ0v) is 16.1. The van der Waals surface area contributed by atoms with Crippen molar-refractivity contribution < 1.29 is 9.53 Å². The molecule has 1 aliphatic carbocycles. The molecule has 8 heteroatoms. The van der Waals surface area contributed by atoms with Gasteiger partial charge >= 0.3 is 5.97 Å². The zero-order valence-electron chi connectivity index (χ0n) is 14.5. The summed E-state index contributed by atoms with van der Waals surface area (Å²) in [5.74, 6) is 0.705. The number of hydrogen-bond donors (Lipinski definition) is 0. The Bertz CT molecular complexity index is 947. The van der Waals surface area contributed by atoms with Gasteiger partial charge in [-0.05, 0) is 44.6 Å². The van der Waals surface area contributed by atoms with Crippen molar-refractivity contribution in [2.75, 3.05) is 5.75 Å². The Balaban J connectivity index is 1.68. The molecule has 132 valence electrons. The number of thioether (sulfide) groups is 1. The highest BCUT2D eigenvalue weighted by Crippen LogP contribution is 2.39. The third-order valence-corrected chi connectivity index (χ3v) is 6.44. The number of carbonyl (C=O) groups is 1. The Kier molecular flexibility index (Phi) is 4.41. The van der Waals surface area contributed by atoms with Gasteiger partial charge < -0.3 is 4.74 Å². The first-order valence-electron chi connectivity index (χ1n) is 8.49. The molecule has 0 aromatic carbocycles. The van der Waals surface area contributed by atoms with Crippen LogP contribution in [0.5, 0.6) is 0 Å². The van der Waals surface area contributed by atoms with Crippen LogP contribution in [0.25, 0.3) is 15.9 Å². The summed E-state index contributed by atoms with van der Waals surface area (Å²) in [5.41, 5.74) is 2.23. The number of fused-ring (bicyclic) bond motifs is 5. The largest absolute Gasteiger partial charge is 0.462 e. The average molecular weight is 377 g/mol. The van der Waals surface area contributed by atoms with Gasteiger partial charge in [0.25, 0.3) is 0 Å². The summed E-state index contributed by atoms with van der Waals surface area (Å²) in [6.45, 7) is 5.99. The summed E-state index contributed by atoms with van der Waals surface area (Å²) < 4.78 is 7.06. The molecule has 1 aliphatic rings. The molecule has 0 aliphatic heterocycles. The number of ether oxygens (including phenoxy) is 1. The Labute approximate surface area is 154 Å². The van der Waals surface area contributed by atoms with E-state index in [0.29, 0.717) is 5.16 Å². The van der Waals surface area contributed by atoms with Gasteiger partial charge in [-0.2, -0.15) is 0 Å². The Morgan fingerprint density at radius 1 is 1.48 bits per heavy atom. The molecule has 0 N–H and O–H groups in total. The fraction of sp³-hybridized carbons (Fsp3) is 0.529. The summed E-state index contributed by atoms with van der Waals surface area (Å²) in [6.07, 6.45) is 5.06. The second-order valence-corrected chi connectivity index (χ2v) is 8.81. The van der Waals surface area contributed by atoms with Crippen LogP contribution in [0.1, 0.15) is 37.6 Å². The number of esters is 1. The number of hydrogen-bond acceptors (Lipinski definition) is 7. The van der Waals surface area contributed by atoms with E-state index in [2.05, 4.69) is 22.1 Å². The van der Waals surface area contributed by atoms with Crippen LogP contribution in [-0.4, -0.2) is 37.4 Å². The van der Waals surface area contributed by atoms with Crippen LogP contribution >= 0.6 is 23.1 Å². The molecule has 3 aromatic rings. The molecule has 0 saturated carbocycles. The minimum Gasteiger partial charge on any atom is -0.462 e. The zero-order chi connectivity index (χ0) is 17.6. The predicted octanol–water partition coefficient (Wildman–Crippen LogP) is 3.51. The standard InChI is InChI=1S/C17H20N4O2S2/c1-9(2)23-13(22)7-24-17-20-19-15-14-11-5-4-10(3)6-12(11)25-16(14)18-8-21(15)17/h8-10H,4-7H2,1-3H3/t10-/m1/s1. The van der Waals surface area contributed by atoms with E-state index in [1.807, 2.05) is 18.2 Å². The molecule has 4 rings (SSSR count). The maximum atomic E-state index is 11.8. The number of aryl methyl sites for hydroxylation is 1. The minimum absolute atomic E-state index is 0.107. The highest BCUT2D eigenvalue weighted by atomic mass is 32.2. The van der Waals surface area contributed by atoms with Crippen molar-refractivity contribution in [3.8, 4) is 0 Å². The lowest BCUT2D eigenvalue weighted by Gasteiger charge is -2.17. The molecule has 0 amide bonds. The van der Waals surface area contributed by atoms with E-state index < -0.39 is 0 Å². The lowest BCUT2D eigenvalue weighted by Crippen LogP contribution is -2.13. The van der Waals surface area contributed by atoms with Gasteiger partial charge in [-0.15, -0.1) is 21.5 Å². The fourth-order valence-electron chi connectivity index (χ4n) is 3.24. The third kappa shape index (κ3) is 3.13. The molecule has 3 heterocycles. The van der Waals surface area contributed by atoms with Crippen molar-refractivity contribution in [1.29, 1.82) is 0 Å². The summed E-state index contributed by atoms with van der Waals surface area (Å²) in [7, 11) is 0. The summed E-state index contributed by atoms with van der Waals surface area (Å²) in [4.78, 5) is 18.9. The van der Waals surface area contributed by atoms with E-state index in [0.717, 1.165) is 34.6 Å². The number of thiophene rings is 1. The Hall–Kier alpha value is -1.67. The molecule has 25 heavy (non-hydrogen) atoms. The van der Waals surface area contributed by atoms with Crippen molar-refractivity contribution in [1.82, 2.24) is 19.6 Å². The van der Waals surface area contributed by atoms with Crippen molar-refractivity contribution >= 4 is 44.9 Å². The molecule has 0 fully saturated rings. The molecule has 0 saturated heterocycles. The van der Waals surface area contributed by atoms with Crippen LogP contribution in [-0.2, 0) is 22.4 Å². The highest BCUT2D eigenvalue weighted by molar-refractivity contribution is 7.99. The molecular weight excluding hydrogens is 356 g/mol. The average Bonchev–Trinajstić information content (AvgIpc) is 3.11. The van der Waals surface area contributed by atoms with Gasteiger partial charge in [0.05, 0.1) is 17.2 Å². The number of nitrogens with zero attached hydrogens (tertiary/aromatic N) is 4. The van der Waals surface area contributed by atoms with E-state index in [-0.39, 0.29) is 17.8 Å². The van der Waals surface area contributed by atoms with Gasteiger partial charge in [0, 0.05) is 4.88 Å². The van der Waals surface area contributed by atoms with Crippen LogP contribution in [0, 0.1) is 5.92 Å². The Morgan fingerprint density at radius 3 is 3.12 bits per heavy atom. The van der Waals surface area contributed by atoms with Crippen LogP contribution in [0.3, 0.4) is 0 Å². The van der Waals surface area contributed by atoms with Gasteiger partial charge in [-0.1, -0.05) is 18.7 Å². The molecule has 3 aromatic heterocycles. The van der Waals surface area contributed by atoms with E-state index in [1.165, 1.54) is 28.6 Å². The summed E-state index contributed by atoms with van der Waals surface area (Å²) in [6, 6.07) is 0. The number of carbonyl (C=O) groups excluding carboxylic acids is 1. The van der Waals surface area contributed by atoms with Gasteiger partial charge in [0.15, 0.2) is 10.8 Å². The topological polar surface area (TPSA) is 69.4 Å². The van der Waals surface area contributed by atoms with E-state index >= 15 is 0 Å². The van der Waals surface area contributed by atoms with Gasteiger partial charge in [-0.25, -0.2) is 4.98 Å². The second-order valence-electron chi connectivity index (χ2n) is 6.78.